The molecule has 0 saturated carbocycles. The molecule has 0 spiro atoms. The molecule has 1 atom stereocenters. The summed E-state index contributed by atoms with van der Waals surface area (Å²) in [6.45, 7) is 5.62. The van der Waals surface area contributed by atoms with Crippen LogP contribution in [0.4, 0.5) is 0 Å². The topological polar surface area (TPSA) is 27.7 Å². The van der Waals surface area contributed by atoms with Crippen molar-refractivity contribution in [3.05, 3.63) is 0 Å². The van der Waals surface area contributed by atoms with Crippen molar-refractivity contribution in [3.63, 3.8) is 0 Å². The van der Waals surface area contributed by atoms with Crippen LogP contribution in [0, 0.1) is 0 Å². The molecule has 3 nitrogen and oxygen atoms in total. The molecule has 0 saturated heterocycles. The molecule has 74 valence electrons. The molecule has 0 rings (SSSR count). The van der Waals surface area contributed by atoms with Crippen LogP contribution in [0.1, 0.15) is 19.8 Å². The van der Waals surface area contributed by atoms with Crippen molar-refractivity contribution in [3.8, 4) is 0 Å². The molecular formula is C8H19O3P. The van der Waals surface area contributed by atoms with E-state index >= 15 is 0 Å². The van der Waals surface area contributed by atoms with E-state index in [1.165, 1.54) is 6.42 Å². The Bertz CT molecular complexity index is 70.7. The summed E-state index contributed by atoms with van der Waals surface area (Å²) in [4.78, 5) is 0. The summed E-state index contributed by atoms with van der Waals surface area (Å²) in [6, 6.07) is 0. The van der Waals surface area contributed by atoms with E-state index < -0.39 is 0 Å². The minimum absolute atomic E-state index is 0.625. The van der Waals surface area contributed by atoms with Gasteiger partial charge in [-0.25, -0.2) is 0 Å². The predicted molar refractivity (Wildman–Crippen MR) is 52.2 cm³/mol. The Morgan fingerprint density at radius 2 is 1.50 bits per heavy atom. The maximum absolute atomic E-state index is 5.28. The summed E-state index contributed by atoms with van der Waals surface area (Å²) in [5, 5.41) is 0. The number of hydrogen-bond donors (Lipinski definition) is 0. The first kappa shape index (κ1) is 12.3. The van der Waals surface area contributed by atoms with E-state index in [1.54, 1.807) is 0 Å². The fourth-order valence-corrected chi connectivity index (χ4v) is 0.772. The third-order valence-electron chi connectivity index (χ3n) is 1.36. The van der Waals surface area contributed by atoms with Crippen molar-refractivity contribution in [2.75, 3.05) is 33.0 Å². The quantitative estimate of drug-likeness (QED) is 0.412. The summed E-state index contributed by atoms with van der Waals surface area (Å²) in [5.74, 6) is 0. The van der Waals surface area contributed by atoms with Crippen LogP contribution in [-0.2, 0) is 14.0 Å². The highest BCUT2D eigenvalue weighted by Gasteiger charge is 1.88. The number of ether oxygens (including phenoxy) is 2. The Balaban J connectivity index is 2.73. The van der Waals surface area contributed by atoms with Gasteiger partial charge in [-0.1, -0.05) is 13.3 Å². The van der Waals surface area contributed by atoms with Gasteiger partial charge in [-0.05, 0) is 6.42 Å². The van der Waals surface area contributed by atoms with Gasteiger partial charge >= 0.3 is 0 Å². The summed E-state index contributed by atoms with van der Waals surface area (Å²) in [6.07, 6.45) is 2.32. The van der Waals surface area contributed by atoms with E-state index in [2.05, 4.69) is 16.4 Å². The minimum Gasteiger partial charge on any atom is -0.379 e. The second-order valence-corrected chi connectivity index (χ2v) is 2.78. The molecule has 0 aliphatic heterocycles. The molecular weight excluding hydrogens is 175 g/mol. The molecule has 0 N–H and O–H groups in total. The zero-order valence-corrected chi connectivity index (χ0v) is 8.91. The van der Waals surface area contributed by atoms with Gasteiger partial charge in [0, 0.05) is 16.1 Å². The van der Waals surface area contributed by atoms with Gasteiger partial charge in [0.25, 0.3) is 0 Å². The lowest BCUT2D eigenvalue weighted by Crippen LogP contribution is -2.07. The highest BCUT2D eigenvalue weighted by Crippen LogP contribution is 1.88. The molecule has 0 aromatic carbocycles. The molecule has 0 aromatic rings. The molecule has 0 fully saturated rings. The average molecular weight is 194 g/mol. The molecule has 0 aliphatic rings. The third-order valence-corrected chi connectivity index (χ3v) is 1.60. The Kier molecular flexibility index (Phi) is 11.6. The summed E-state index contributed by atoms with van der Waals surface area (Å²) in [5.41, 5.74) is 0. The van der Waals surface area contributed by atoms with Crippen LogP contribution in [-0.4, -0.2) is 33.0 Å². The lowest BCUT2D eigenvalue weighted by molar-refractivity contribution is 0.0376. The van der Waals surface area contributed by atoms with Gasteiger partial charge < -0.3 is 14.0 Å². The number of hydrogen-bond acceptors (Lipinski definition) is 3. The average Bonchev–Trinajstić information content (AvgIpc) is 2.10. The minimum atomic E-state index is 0.625. The Morgan fingerprint density at radius 3 is 2.08 bits per heavy atom. The summed E-state index contributed by atoms with van der Waals surface area (Å²) in [7, 11) is 2.19. The molecule has 0 aliphatic carbocycles. The first-order chi connectivity index (χ1) is 5.91. The van der Waals surface area contributed by atoms with Gasteiger partial charge in [-0.2, -0.15) is 0 Å². The summed E-state index contributed by atoms with van der Waals surface area (Å²) < 4.78 is 15.2. The van der Waals surface area contributed by atoms with Crippen LogP contribution in [0.3, 0.4) is 0 Å². The van der Waals surface area contributed by atoms with Crippen LogP contribution in [0.2, 0.25) is 0 Å². The van der Waals surface area contributed by atoms with E-state index in [9.17, 15) is 0 Å². The second-order valence-electron chi connectivity index (χ2n) is 2.45. The molecule has 0 amide bonds. The van der Waals surface area contributed by atoms with Crippen LogP contribution < -0.4 is 0 Å². The van der Waals surface area contributed by atoms with Crippen LogP contribution in [0.25, 0.3) is 0 Å². The molecule has 1 unspecified atom stereocenters. The van der Waals surface area contributed by atoms with E-state index in [4.69, 9.17) is 14.0 Å². The highest BCUT2D eigenvalue weighted by molar-refractivity contribution is 7.09. The Morgan fingerprint density at radius 1 is 0.917 bits per heavy atom. The molecule has 0 radical (unpaired) electrons. The van der Waals surface area contributed by atoms with Crippen molar-refractivity contribution >= 4 is 9.47 Å². The number of rotatable bonds is 9. The SMILES string of the molecule is CCCCOCCOCCOP. The molecule has 0 aromatic heterocycles. The van der Waals surface area contributed by atoms with Gasteiger partial charge in [0.1, 0.15) is 0 Å². The molecule has 0 heterocycles. The predicted octanol–water partition coefficient (Wildman–Crippen LogP) is 1.63. The maximum atomic E-state index is 5.28. The van der Waals surface area contributed by atoms with E-state index in [0.29, 0.717) is 26.4 Å². The van der Waals surface area contributed by atoms with Gasteiger partial charge in [0.15, 0.2) is 0 Å². The van der Waals surface area contributed by atoms with Crippen molar-refractivity contribution in [1.82, 2.24) is 0 Å². The lowest BCUT2D eigenvalue weighted by atomic mass is 10.4. The van der Waals surface area contributed by atoms with Gasteiger partial charge in [0.05, 0.1) is 26.4 Å². The first-order valence-corrected chi connectivity index (χ1v) is 4.86. The largest absolute Gasteiger partial charge is 0.379 e. The fourth-order valence-electron chi connectivity index (χ4n) is 0.675. The van der Waals surface area contributed by atoms with Crippen molar-refractivity contribution < 1.29 is 14.0 Å². The van der Waals surface area contributed by atoms with Gasteiger partial charge in [-0.15, -0.1) is 0 Å². The first-order valence-electron chi connectivity index (χ1n) is 4.39. The normalized spacial score (nSPS) is 10.5. The monoisotopic (exact) mass is 194 g/mol. The molecule has 0 bridgehead atoms. The van der Waals surface area contributed by atoms with Crippen LogP contribution >= 0.6 is 9.47 Å². The molecule has 4 heteroatoms. The van der Waals surface area contributed by atoms with Crippen LogP contribution in [0.5, 0.6) is 0 Å². The van der Waals surface area contributed by atoms with Gasteiger partial charge in [0.2, 0.25) is 0 Å². The Hall–Kier alpha value is 0.310. The lowest BCUT2D eigenvalue weighted by Gasteiger charge is -2.04. The van der Waals surface area contributed by atoms with Gasteiger partial charge in [-0.3, -0.25) is 0 Å². The van der Waals surface area contributed by atoms with Crippen molar-refractivity contribution in [2.24, 2.45) is 0 Å². The third kappa shape index (κ3) is 10.3. The fraction of sp³-hybridized carbons (Fsp3) is 1.00. The summed E-state index contributed by atoms with van der Waals surface area (Å²) >= 11 is 0. The maximum Gasteiger partial charge on any atom is 0.0736 e. The second kappa shape index (κ2) is 11.3. The Labute approximate surface area is 77.1 Å². The molecule has 12 heavy (non-hydrogen) atoms. The standard InChI is InChI=1S/C8H19O3P/c1-2-3-4-9-5-6-10-7-8-11-12/h2-8,12H2,1H3. The zero-order chi connectivity index (χ0) is 9.07. The zero-order valence-electron chi connectivity index (χ0n) is 7.75. The smallest absolute Gasteiger partial charge is 0.0736 e. The van der Waals surface area contributed by atoms with E-state index in [-0.39, 0.29) is 0 Å². The van der Waals surface area contributed by atoms with Crippen molar-refractivity contribution in [2.45, 2.75) is 19.8 Å². The number of unbranched alkanes of at least 4 members (excludes halogenated alkanes) is 1. The van der Waals surface area contributed by atoms with Crippen LogP contribution in [0.15, 0.2) is 0 Å². The highest BCUT2D eigenvalue weighted by atomic mass is 31.0. The van der Waals surface area contributed by atoms with Crippen molar-refractivity contribution in [1.29, 1.82) is 0 Å². The van der Waals surface area contributed by atoms with E-state index in [1.807, 2.05) is 0 Å². The van der Waals surface area contributed by atoms with E-state index in [0.717, 1.165) is 13.0 Å².